The second-order valence-corrected chi connectivity index (χ2v) is 7.33. The molecule has 0 aliphatic rings. The van der Waals surface area contributed by atoms with Gasteiger partial charge in [-0.2, -0.15) is 0 Å². The summed E-state index contributed by atoms with van der Waals surface area (Å²) in [5, 5.41) is 5.41. The fraction of sp³-hybridized carbons (Fsp3) is 0.0417. The van der Waals surface area contributed by atoms with Gasteiger partial charge >= 0.3 is 0 Å². The zero-order valence-electron chi connectivity index (χ0n) is 15.6. The van der Waals surface area contributed by atoms with Gasteiger partial charge in [-0.25, -0.2) is 0 Å². The molecule has 29 heavy (non-hydrogen) atoms. The Bertz CT molecular complexity index is 1400. The number of halogens is 1. The lowest BCUT2D eigenvalue weighted by Crippen LogP contribution is -2.17. The molecule has 1 N–H and O–H groups in total. The number of fused-ring (bicyclic) bond motifs is 3. The summed E-state index contributed by atoms with van der Waals surface area (Å²) < 4.78 is 7.95. The minimum Gasteiger partial charge on any atom is -0.439 e. The number of aryl methyl sites for hydroxylation is 1. The topological polar surface area (TPSA) is 47.2 Å². The minimum atomic E-state index is -0.103. The summed E-state index contributed by atoms with van der Waals surface area (Å²) in [4.78, 5) is 13.3. The smallest absolute Gasteiger partial charge is 0.262 e. The summed E-state index contributed by atoms with van der Waals surface area (Å²) in [6, 6.07) is 24.9. The third-order valence-corrected chi connectivity index (χ3v) is 5.35. The van der Waals surface area contributed by atoms with Gasteiger partial charge in [-0.15, -0.1) is 0 Å². The maximum atomic E-state index is 13.3. The van der Waals surface area contributed by atoms with Crippen molar-refractivity contribution < 1.29 is 4.42 Å². The molecule has 2 heterocycles. The summed E-state index contributed by atoms with van der Waals surface area (Å²) in [6.07, 6.45) is 0. The molecule has 5 rings (SSSR count). The SMILES string of the molecule is Cn1c(=O)c2c(-c3ccc(Cl)cc3)c(Nc3ccccc3)oc2c2ccccc21. The van der Waals surface area contributed by atoms with E-state index < -0.39 is 0 Å². The summed E-state index contributed by atoms with van der Waals surface area (Å²) in [6.45, 7) is 0. The van der Waals surface area contributed by atoms with Crippen LogP contribution in [0, 0.1) is 0 Å². The lowest BCUT2D eigenvalue weighted by atomic mass is 10.0. The Balaban J connectivity index is 1.89. The third kappa shape index (κ3) is 2.89. The maximum absolute atomic E-state index is 13.3. The van der Waals surface area contributed by atoms with E-state index in [4.69, 9.17) is 16.0 Å². The summed E-state index contributed by atoms with van der Waals surface area (Å²) in [7, 11) is 1.78. The number of benzene rings is 3. The molecule has 0 aliphatic carbocycles. The van der Waals surface area contributed by atoms with Gasteiger partial charge < -0.3 is 14.3 Å². The monoisotopic (exact) mass is 400 g/mol. The Hall–Kier alpha value is -3.50. The van der Waals surface area contributed by atoms with E-state index in [1.807, 2.05) is 78.9 Å². The van der Waals surface area contributed by atoms with E-state index in [9.17, 15) is 4.79 Å². The van der Waals surface area contributed by atoms with Crippen LogP contribution in [0.1, 0.15) is 0 Å². The molecule has 0 unspecified atom stereocenters. The van der Waals surface area contributed by atoms with E-state index in [0.29, 0.717) is 21.9 Å². The molecule has 4 nitrogen and oxygen atoms in total. The van der Waals surface area contributed by atoms with E-state index in [1.165, 1.54) is 0 Å². The number of hydrogen-bond acceptors (Lipinski definition) is 3. The standard InChI is InChI=1S/C24H17ClN2O2/c1-27-19-10-6-5-9-18(19)22-21(24(27)28)20(15-11-13-16(25)14-12-15)23(29-22)26-17-7-3-2-4-8-17/h2-14,26H,1H3. The van der Waals surface area contributed by atoms with E-state index in [-0.39, 0.29) is 5.56 Å². The average molecular weight is 401 g/mol. The Morgan fingerprint density at radius 3 is 2.34 bits per heavy atom. The van der Waals surface area contributed by atoms with Crippen LogP contribution in [0.15, 0.2) is 88.1 Å². The van der Waals surface area contributed by atoms with Gasteiger partial charge in [0.1, 0.15) is 0 Å². The molecule has 5 aromatic rings. The van der Waals surface area contributed by atoms with Crippen molar-refractivity contribution in [3.05, 3.63) is 94.2 Å². The van der Waals surface area contributed by atoms with Crippen LogP contribution in [0.4, 0.5) is 11.6 Å². The zero-order chi connectivity index (χ0) is 20.0. The van der Waals surface area contributed by atoms with Gasteiger partial charge in [0.25, 0.3) is 5.56 Å². The van der Waals surface area contributed by atoms with Crippen LogP contribution < -0.4 is 10.9 Å². The van der Waals surface area contributed by atoms with Crippen molar-refractivity contribution in [3.63, 3.8) is 0 Å². The summed E-state index contributed by atoms with van der Waals surface area (Å²) >= 11 is 6.09. The first kappa shape index (κ1) is 17.6. The predicted octanol–water partition coefficient (Wildman–Crippen LogP) is 6.35. The van der Waals surface area contributed by atoms with Gasteiger partial charge in [0.15, 0.2) is 5.58 Å². The second kappa shape index (κ2) is 6.83. The van der Waals surface area contributed by atoms with Crippen LogP contribution in [0.2, 0.25) is 5.02 Å². The first-order chi connectivity index (χ1) is 14.1. The molecule has 0 spiro atoms. The highest BCUT2D eigenvalue weighted by atomic mass is 35.5. The first-order valence-electron chi connectivity index (χ1n) is 9.26. The number of para-hydroxylation sites is 2. The van der Waals surface area contributed by atoms with Crippen LogP contribution in [0.5, 0.6) is 0 Å². The lowest BCUT2D eigenvalue weighted by molar-refractivity contribution is 0.638. The van der Waals surface area contributed by atoms with Gasteiger partial charge in [0.05, 0.1) is 16.5 Å². The van der Waals surface area contributed by atoms with Gasteiger partial charge in [-0.1, -0.05) is 54.1 Å². The molecule has 0 bridgehead atoms. The van der Waals surface area contributed by atoms with E-state index in [2.05, 4.69) is 5.32 Å². The van der Waals surface area contributed by atoms with Crippen LogP contribution in [-0.2, 0) is 7.05 Å². The maximum Gasteiger partial charge on any atom is 0.262 e. The van der Waals surface area contributed by atoms with Crippen LogP contribution in [0.3, 0.4) is 0 Å². The highest BCUT2D eigenvalue weighted by Crippen LogP contribution is 2.41. The van der Waals surface area contributed by atoms with Crippen molar-refractivity contribution in [1.82, 2.24) is 4.57 Å². The number of hydrogen-bond donors (Lipinski definition) is 1. The van der Waals surface area contributed by atoms with Gasteiger partial charge in [-0.05, 0) is 42.0 Å². The molecule has 2 aromatic heterocycles. The molecule has 142 valence electrons. The molecule has 0 atom stereocenters. The second-order valence-electron chi connectivity index (χ2n) is 6.89. The molecule has 0 radical (unpaired) electrons. The number of nitrogens with one attached hydrogen (secondary N) is 1. The van der Waals surface area contributed by atoms with Crippen molar-refractivity contribution in [2.75, 3.05) is 5.32 Å². The number of anilines is 2. The lowest BCUT2D eigenvalue weighted by Gasteiger charge is -2.07. The fourth-order valence-electron chi connectivity index (χ4n) is 3.69. The van der Waals surface area contributed by atoms with Crippen LogP contribution in [-0.4, -0.2) is 4.57 Å². The van der Waals surface area contributed by atoms with Crippen molar-refractivity contribution in [1.29, 1.82) is 0 Å². The van der Waals surface area contributed by atoms with Crippen molar-refractivity contribution in [2.24, 2.45) is 7.05 Å². The normalized spacial score (nSPS) is 11.2. The number of aromatic nitrogens is 1. The highest BCUT2D eigenvalue weighted by molar-refractivity contribution is 6.30. The van der Waals surface area contributed by atoms with E-state index >= 15 is 0 Å². The Morgan fingerprint density at radius 1 is 0.897 bits per heavy atom. The van der Waals surface area contributed by atoms with Crippen molar-refractivity contribution in [2.45, 2.75) is 0 Å². The first-order valence-corrected chi connectivity index (χ1v) is 9.63. The largest absolute Gasteiger partial charge is 0.439 e. The van der Waals surface area contributed by atoms with Crippen molar-refractivity contribution in [3.8, 4) is 11.1 Å². The Kier molecular flexibility index (Phi) is 4.14. The average Bonchev–Trinajstić information content (AvgIpc) is 3.12. The number of rotatable bonds is 3. The molecule has 0 saturated heterocycles. The van der Waals surface area contributed by atoms with E-state index in [1.54, 1.807) is 11.6 Å². The minimum absolute atomic E-state index is 0.103. The summed E-state index contributed by atoms with van der Waals surface area (Å²) in [5.74, 6) is 0.530. The quantitative estimate of drug-likeness (QED) is 0.384. The molecule has 0 saturated carbocycles. The zero-order valence-corrected chi connectivity index (χ0v) is 16.4. The molecular weight excluding hydrogens is 384 g/mol. The molecule has 0 aliphatic heterocycles. The van der Waals surface area contributed by atoms with Crippen LogP contribution in [0.25, 0.3) is 33.0 Å². The Morgan fingerprint density at radius 2 is 1.59 bits per heavy atom. The molecule has 3 aromatic carbocycles. The van der Waals surface area contributed by atoms with Gasteiger partial charge in [0.2, 0.25) is 5.88 Å². The Labute approximate surface area is 172 Å². The number of nitrogens with zero attached hydrogens (tertiary/aromatic N) is 1. The van der Waals surface area contributed by atoms with Crippen LogP contribution >= 0.6 is 11.6 Å². The molecule has 0 fully saturated rings. The summed E-state index contributed by atoms with van der Waals surface area (Å²) in [5.41, 5.74) is 3.77. The molecular formula is C24H17ClN2O2. The number of pyridine rings is 1. The number of furan rings is 1. The van der Waals surface area contributed by atoms with Gasteiger partial charge in [0, 0.05) is 23.1 Å². The van der Waals surface area contributed by atoms with Gasteiger partial charge in [-0.3, -0.25) is 4.79 Å². The van der Waals surface area contributed by atoms with Crippen molar-refractivity contribution >= 4 is 45.0 Å². The predicted molar refractivity (Wildman–Crippen MR) is 119 cm³/mol. The molecule has 0 amide bonds. The highest BCUT2D eigenvalue weighted by Gasteiger charge is 2.22. The molecule has 5 heteroatoms. The van der Waals surface area contributed by atoms with E-state index in [0.717, 1.165) is 27.7 Å². The fourth-order valence-corrected chi connectivity index (χ4v) is 3.82. The third-order valence-electron chi connectivity index (χ3n) is 5.10.